The third kappa shape index (κ3) is 5.05. The van der Waals surface area contributed by atoms with Crippen LogP contribution in [0.3, 0.4) is 0 Å². The van der Waals surface area contributed by atoms with Crippen LogP contribution in [0.2, 0.25) is 0 Å². The van der Waals surface area contributed by atoms with Crippen LogP contribution in [0, 0.1) is 0 Å². The van der Waals surface area contributed by atoms with E-state index in [9.17, 15) is 14.4 Å². The first-order valence-corrected chi connectivity index (χ1v) is 9.07. The van der Waals surface area contributed by atoms with Gasteiger partial charge in [-0.3, -0.25) is 9.59 Å². The molecule has 3 rings (SSSR count). The average molecular weight is 408 g/mol. The van der Waals surface area contributed by atoms with Crippen molar-refractivity contribution in [3.05, 3.63) is 78.3 Å². The van der Waals surface area contributed by atoms with Crippen molar-refractivity contribution in [3.8, 4) is 5.75 Å². The first-order valence-electron chi connectivity index (χ1n) is 9.07. The summed E-state index contributed by atoms with van der Waals surface area (Å²) in [4.78, 5) is 36.6. The zero-order valence-corrected chi connectivity index (χ0v) is 16.4. The number of amides is 2. The molecule has 0 saturated carbocycles. The second kappa shape index (κ2) is 9.42. The standard InChI is InChI=1S/C22H20N2O6/c1-14(20(25)24-17-6-3-4-7-18(17)28-2)30-22(27)15-9-11-16(12-10-15)23-21(26)19-8-5-13-29-19/h3-14H,1-2H3,(H,23,26)(H,24,25)/t14-/m0/s1. The predicted octanol–water partition coefficient (Wildman–Crippen LogP) is 3.72. The molecule has 1 atom stereocenters. The summed E-state index contributed by atoms with van der Waals surface area (Å²) in [6.07, 6.45) is 0.375. The zero-order chi connectivity index (χ0) is 21.5. The number of para-hydroxylation sites is 2. The molecule has 2 amide bonds. The molecule has 1 aromatic heterocycles. The van der Waals surface area contributed by atoms with Crippen LogP contribution in [0.25, 0.3) is 0 Å². The number of rotatable bonds is 7. The number of methoxy groups -OCH3 is 1. The quantitative estimate of drug-likeness (QED) is 0.577. The van der Waals surface area contributed by atoms with Gasteiger partial charge in [-0.2, -0.15) is 0 Å². The zero-order valence-electron chi connectivity index (χ0n) is 16.4. The number of benzene rings is 2. The fraction of sp³-hybridized carbons (Fsp3) is 0.136. The van der Waals surface area contributed by atoms with Crippen molar-refractivity contribution < 1.29 is 28.3 Å². The van der Waals surface area contributed by atoms with Crippen molar-refractivity contribution in [2.45, 2.75) is 13.0 Å². The first-order chi connectivity index (χ1) is 14.5. The molecule has 0 bridgehead atoms. The third-order valence-corrected chi connectivity index (χ3v) is 4.14. The van der Waals surface area contributed by atoms with E-state index in [-0.39, 0.29) is 11.3 Å². The summed E-state index contributed by atoms with van der Waals surface area (Å²) in [6.45, 7) is 1.47. The maximum Gasteiger partial charge on any atom is 0.338 e. The highest BCUT2D eigenvalue weighted by Crippen LogP contribution is 2.23. The largest absolute Gasteiger partial charge is 0.495 e. The Morgan fingerprint density at radius 2 is 1.67 bits per heavy atom. The molecular formula is C22H20N2O6. The van der Waals surface area contributed by atoms with Gasteiger partial charge < -0.3 is 24.5 Å². The Hall–Kier alpha value is -4.07. The average Bonchev–Trinajstić information content (AvgIpc) is 3.29. The van der Waals surface area contributed by atoms with Crippen LogP contribution in [0.5, 0.6) is 5.75 Å². The Balaban J connectivity index is 1.57. The fourth-order valence-electron chi connectivity index (χ4n) is 2.55. The first kappa shape index (κ1) is 20.7. The van der Waals surface area contributed by atoms with E-state index in [2.05, 4.69) is 10.6 Å². The molecule has 0 unspecified atom stereocenters. The Morgan fingerprint density at radius 3 is 2.33 bits per heavy atom. The van der Waals surface area contributed by atoms with E-state index >= 15 is 0 Å². The number of ether oxygens (including phenoxy) is 2. The van der Waals surface area contributed by atoms with Gasteiger partial charge in [-0.25, -0.2) is 4.79 Å². The van der Waals surface area contributed by atoms with E-state index in [1.54, 1.807) is 48.5 Å². The van der Waals surface area contributed by atoms with Crippen LogP contribution < -0.4 is 15.4 Å². The molecule has 0 aliphatic heterocycles. The molecule has 0 saturated heterocycles. The summed E-state index contributed by atoms with van der Waals surface area (Å²) in [6, 6.07) is 16.2. The molecule has 8 heteroatoms. The molecule has 0 aliphatic carbocycles. The molecule has 8 nitrogen and oxygen atoms in total. The van der Waals surface area contributed by atoms with E-state index in [0.29, 0.717) is 17.1 Å². The molecule has 2 N–H and O–H groups in total. The van der Waals surface area contributed by atoms with Crippen LogP contribution >= 0.6 is 0 Å². The Kier molecular flexibility index (Phi) is 6.49. The van der Waals surface area contributed by atoms with Crippen molar-refractivity contribution in [2.24, 2.45) is 0 Å². The highest BCUT2D eigenvalue weighted by molar-refractivity contribution is 6.02. The summed E-state index contributed by atoms with van der Waals surface area (Å²) in [5.41, 5.74) is 1.20. The van der Waals surface area contributed by atoms with Crippen molar-refractivity contribution in [1.29, 1.82) is 0 Å². The summed E-state index contributed by atoms with van der Waals surface area (Å²) >= 11 is 0. The molecule has 2 aromatic carbocycles. The Bertz CT molecular complexity index is 1030. The van der Waals surface area contributed by atoms with Crippen LogP contribution in [0.4, 0.5) is 11.4 Å². The molecule has 0 radical (unpaired) electrons. The van der Waals surface area contributed by atoms with Crippen molar-refractivity contribution in [3.63, 3.8) is 0 Å². The Labute approximate surface area is 172 Å². The fourth-order valence-corrected chi connectivity index (χ4v) is 2.55. The van der Waals surface area contributed by atoms with Gasteiger partial charge in [0.05, 0.1) is 24.6 Å². The maximum atomic E-state index is 12.3. The lowest BCUT2D eigenvalue weighted by molar-refractivity contribution is -0.123. The predicted molar refractivity (Wildman–Crippen MR) is 110 cm³/mol. The second-order valence-electron chi connectivity index (χ2n) is 6.25. The lowest BCUT2D eigenvalue weighted by atomic mass is 10.2. The topological polar surface area (TPSA) is 107 Å². The molecule has 1 heterocycles. The smallest absolute Gasteiger partial charge is 0.338 e. The van der Waals surface area contributed by atoms with Gasteiger partial charge in [0.1, 0.15) is 5.75 Å². The van der Waals surface area contributed by atoms with Gasteiger partial charge in [0.15, 0.2) is 11.9 Å². The van der Waals surface area contributed by atoms with Crippen molar-refractivity contribution >= 4 is 29.2 Å². The van der Waals surface area contributed by atoms with Gasteiger partial charge in [0.2, 0.25) is 0 Å². The second-order valence-corrected chi connectivity index (χ2v) is 6.25. The number of anilines is 2. The van der Waals surface area contributed by atoms with Gasteiger partial charge in [-0.05, 0) is 55.5 Å². The van der Waals surface area contributed by atoms with Gasteiger partial charge >= 0.3 is 5.97 Å². The van der Waals surface area contributed by atoms with Crippen molar-refractivity contribution in [1.82, 2.24) is 0 Å². The number of nitrogens with one attached hydrogen (secondary N) is 2. The summed E-state index contributed by atoms with van der Waals surface area (Å²) in [5, 5.41) is 5.31. The SMILES string of the molecule is COc1ccccc1NC(=O)[C@H](C)OC(=O)c1ccc(NC(=O)c2ccco2)cc1. The summed E-state index contributed by atoms with van der Waals surface area (Å²) < 4.78 is 15.4. The molecule has 154 valence electrons. The van der Waals surface area contributed by atoms with E-state index in [1.165, 1.54) is 32.4 Å². The number of carbonyl (C=O) groups is 3. The Morgan fingerprint density at radius 1 is 0.933 bits per heavy atom. The van der Waals surface area contributed by atoms with E-state index in [1.807, 2.05) is 0 Å². The monoisotopic (exact) mass is 408 g/mol. The minimum absolute atomic E-state index is 0.174. The van der Waals surface area contributed by atoms with Crippen LogP contribution in [0.1, 0.15) is 27.8 Å². The highest BCUT2D eigenvalue weighted by Gasteiger charge is 2.20. The normalized spacial score (nSPS) is 11.3. The molecule has 0 spiro atoms. The molecule has 3 aromatic rings. The van der Waals surface area contributed by atoms with Gasteiger partial charge in [-0.15, -0.1) is 0 Å². The van der Waals surface area contributed by atoms with Gasteiger partial charge in [-0.1, -0.05) is 12.1 Å². The number of furan rings is 1. The maximum absolute atomic E-state index is 12.3. The van der Waals surface area contributed by atoms with Crippen LogP contribution in [0.15, 0.2) is 71.3 Å². The van der Waals surface area contributed by atoms with E-state index in [0.717, 1.165) is 0 Å². The number of esters is 1. The number of hydrogen-bond donors (Lipinski definition) is 2. The highest BCUT2D eigenvalue weighted by atomic mass is 16.5. The molecular weight excluding hydrogens is 388 g/mol. The number of carbonyl (C=O) groups excluding carboxylic acids is 3. The lowest BCUT2D eigenvalue weighted by Gasteiger charge is -2.15. The minimum Gasteiger partial charge on any atom is -0.495 e. The summed E-state index contributed by atoms with van der Waals surface area (Å²) in [7, 11) is 1.50. The molecule has 0 aliphatic rings. The molecule has 0 fully saturated rings. The minimum atomic E-state index is -1.03. The summed E-state index contributed by atoms with van der Waals surface area (Å²) in [5.74, 6) is -0.890. The van der Waals surface area contributed by atoms with Gasteiger partial charge in [0.25, 0.3) is 11.8 Å². The van der Waals surface area contributed by atoms with Crippen LogP contribution in [-0.4, -0.2) is 31.0 Å². The van der Waals surface area contributed by atoms with E-state index in [4.69, 9.17) is 13.9 Å². The van der Waals surface area contributed by atoms with Crippen molar-refractivity contribution in [2.75, 3.05) is 17.7 Å². The molecule has 30 heavy (non-hydrogen) atoms. The third-order valence-electron chi connectivity index (χ3n) is 4.14. The van der Waals surface area contributed by atoms with Gasteiger partial charge in [0, 0.05) is 5.69 Å². The number of hydrogen-bond acceptors (Lipinski definition) is 6. The van der Waals surface area contributed by atoms with Crippen LogP contribution in [-0.2, 0) is 9.53 Å². The van der Waals surface area contributed by atoms with E-state index < -0.39 is 23.9 Å². The lowest BCUT2D eigenvalue weighted by Crippen LogP contribution is -2.30.